The Kier molecular flexibility index (Phi) is 4.98. The van der Waals surface area contributed by atoms with Gasteiger partial charge in [0.1, 0.15) is 0 Å². The quantitative estimate of drug-likeness (QED) is 0.881. The van der Waals surface area contributed by atoms with Gasteiger partial charge in [-0.1, -0.05) is 48.2 Å². The van der Waals surface area contributed by atoms with Gasteiger partial charge >= 0.3 is 0 Å². The van der Waals surface area contributed by atoms with Crippen LogP contribution in [0.4, 0.5) is 11.4 Å². The number of thioether (sulfide) groups is 1. The number of nitrogens with one attached hydrogen (secondary N) is 2. The van der Waals surface area contributed by atoms with Crippen molar-refractivity contribution in [3.05, 3.63) is 60.2 Å². The minimum Gasteiger partial charge on any atom is -0.385 e. The van der Waals surface area contributed by atoms with Gasteiger partial charge in [0, 0.05) is 12.2 Å². The molecule has 5 heteroatoms. The number of carbonyl (C=O) groups is 1. The van der Waals surface area contributed by atoms with Gasteiger partial charge in [-0.15, -0.1) is 0 Å². The molecule has 1 atom stereocenters. The normalized spacial score (nSPS) is 18.9. The molecule has 1 saturated heterocycles. The highest BCUT2D eigenvalue weighted by Crippen LogP contribution is 2.26. The van der Waals surface area contributed by atoms with Crippen molar-refractivity contribution >= 4 is 34.2 Å². The molecule has 1 fully saturated rings. The molecule has 0 saturated carbocycles. The SMILES string of the molecule is Cc1ccccc1N=C1NC(=O)C(CCNc2ccccc2)S1. The van der Waals surface area contributed by atoms with E-state index in [1.807, 2.05) is 61.5 Å². The Bertz CT molecular complexity index is 715. The fourth-order valence-corrected chi connectivity index (χ4v) is 3.33. The number of aliphatic imine (C=N–C) groups is 1. The summed E-state index contributed by atoms with van der Waals surface area (Å²) in [5, 5.41) is 6.81. The van der Waals surface area contributed by atoms with Crippen molar-refractivity contribution in [2.24, 2.45) is 4.99 Å². The summed E-state index contributed by atoms with van der Waals surface area (Å²) in [4.78, 5) is 16.6. The zero-order valence-electron chi connectivity index (χ0n) is 13.0. The van der Waals surface area contributed by atoms with Crippen LogP contribution in [0.15, 0.2) is 59.6 Å². The van der Waals surface area contributed by atoms with E-state index in [2.05, 4.69) is 15.6 Å². The van der Waals surface area contributed by atoms with Crippen LogP contribution in [0, 0.1) is 6.92 Å². The summed E-state index contributed by atoms with van der Waals surface area (Å²) in [7, 11) is 0. The molecule has 0 aromatic heterocycles. The Balaban J connectivity index is 1.56. The van der Waals surface area contributed by atoms with Crippen LogP contribution in [0.3, 0.4) is 0 Å². The second-order valence-electron chi connectivity index (χ2n) is 5.38. The highest BCUT2D eigenvalue weighted by Gasteiger charge is 2.29. The van der Waals surface area contributed by atoms with Gasteiger partial charge in [-0.3, -0.25) is 4.79 Å². The molecule has 0 spiro atoms. The average Bonchev–Trinajstić information content (AvgIpc) is 2.90. The summed E-state index contributed by atoms with van der Waals surface area (Å²) in [5.41, 5.74) is 3.08. The summed E-state index contributed by atoms with van der Waals surface area (Å²) in [6.07, 6.45) is 0.762. The van der Waals surface area contributed by atoms with Gasteiger partial charge in [0.15, 0.2) is 5.17 Å². The van der Waals surface area contributed by atoms with Crippen molar-refractivity contribution in [3.63, 3.8) is 0 Å². The number of amides is 1. The first-order chi connectivity index (χ1) is 11.2. The number of hydrogen-bond donors (Lipinski definition) is 2. The van der Waals surface area contributed by atoms with Gasteiger partial charge in [-0.05, 0) is 37.1 Å². The summed E-state index contributed by atoms with van der Waals surface area (Å²) < 4.78 is 0. The van der Waals surface area contributed by atoms with E-state index < -0.39 is 0 Å². The fourth-order valence-electron chi connectivity index (χ4n) is 2.35. The van der Waals surface area contributed by atoms with Gasteiger partial charge in [0.25, 0.3) is 0 Å². The number of para-hydroxylation sites is 2. The van der Waals surface area contributed by atoms with Crippen LogP contribution < -0.4 is 10.6 Å². The molecule has 0 radical (unpaired) electrons. The van der Waals surface area contributed by atoms with Gasteiger partial charge in [0.2, 0.25) is 5.91 Å². The first-order valence-corrected chi connectivity index (χ1v) is 8.51. The number of nitrogens with zero attached hydrogens (tertiary/aromatic N) is 1. The van der Waals surface area contributed by atoms with Crippen molar-refractivity contribution in [1.82, 2.24) is 5.32 Å². The minimum atomic E-state index is -0.0889. The first-order valence-electron chi connectivity index (χ1n) is 7.63. The van der Waals surface area contributed by atoms with Crippen molar-refractivity contribution < 1.29 is 4.79 Å². The highest BCUT2D eigenvalue weighted by atomic mass is 32.2. The standard InChI is InChI=1S/C18H19N3OS/c1-13-7-5-6-10-15(13)20-18-21-17(22)16(23-18)11-12-19-14-8-3-2-4-9-14/h2-10,16,19H,11-12H2,1H3,(H,20,21,22). The third-order valence-electron chi connectivity index (χ3n) is 3.62. The number of benzene rings is 2. The Morgan fingerprint density at radius 2 is 1.87 bits per heavy atom. The Morgan fingerprint density at radius 1 is 1.13 bits per heavy atom. The molecule has 1 unspecified atom stereocenters. The molecule has 4 nitrogen and oxygen atoms in total. The second-order valence-corrected chi connectivity index (χ2v) is 6.57. The van der Waals surface area contributed by atoms with E-state index in [1.54, 1.807) is 0 Å². The predicted octanol–water partition coefficient (Wildman–Crippen LogP) is 3.72. The second kappa shape index (κ2) is 7.33. The first kappa shape index (κ1) is 15.6. The van der Waals surface area contributed by atoms with Gasteiger partial charge in [0.05, 0.1) is 10.9 Å². The maximum Gasteiger partial charge on any atom is 0.239 e. The molecule has 1 amide bonds. The number of amidine groups is 1. The van der Waals surface area contributed by atoms with Crippen molar-refractivity contribution in [3.8, 4) is 0 Å². The van der Waals surface area contributed by atoms with Crippen LogP contribution >= 0.6 is 11.8 Å². The van der Waals surface area contributed by atoms with E-state index >= 15 is 0 Å². The zero-order valence-corrected chi connectivity index (χ0v) is 13.8. The fraction of sp³-hybridized carbons (Fsp3) is 0.222. The molecular formula is C18H19N3OS. The number of hydrogen-bond acceptors (Lipinski definition) is 4. The summed E-state index contributed by atoms with van der Waals surface area (Å²) in [6, 6.07) is 17.9. The van der Waals surface area contributed by atoms with Crippen LogP contribution in [0.1, 0.15) is 12.0 Å². The molecule has 1 aliphatic rings. The van der Waals surface area contributed by atoms with Crippen LogP contribution in [0.25, 0.3) is 0 Å². The lowest BCUT2D eigenvalue weighted by molar-refractivity contribution is -0.118. The monoisotopic (exact) mass is 325 g/mol. The predicted molar refractivity (Wildman–Crippen MR) is 97.3 cm³/mol. The number of carbonyl (C=O) groups excluding carboxylic acids is 1. The lowest BCUT2D eigenvalue weighted by Crippen LogP contribution is -2.26. The van der Waals surface area contributed by atoms with Gasteiger partial charge < -0.3 is 10.6 Å². The maximum atomic E-state index is 12.1. The Morgan fingerprint density at radius 3 is 2.65 bits per heavy atom. The number of rotatable bonds is 5. The molecule has 2 aromatic carbocycles. The summed E-state index contributed by atoms with van der Waals surface area (Å²) in [5.74, 6) is 0.0391. The topological polar surface area (TPSA) is 53.5 Å². The molecule has 1 aliphatic heterocycles. The molecule has 23 heavy (non-hydrogen) atoms. The Labute approximate surface area is 140 Å². The van der Waals surface area contributed by atoms with E-state index in [9.17, 15) is 4.79 Å². The number of aryl methyl sites for hydroxylation is 1. The van der Waals surface area contributed by atoms with Gasteiger partial charge in [-0.25, -0.2) is 4.99 Å². The van der Waals surface area contributed by atoms with E-state index in [0.717, 1.165) is 29.9 Å². The largest absolute Gasteiger partial charge is 0.385 e. The molecule has 2 N–H and O–H groups in total. The van der Waals surface area contributed by atoms with Crippen LogP contribution in [-0.4, -0.2) is 22.9 Å². The third kappa shape index (κ3) is 4.13. The molecule has 0 bridgehead atoms. The van der Waals surface area contributed by atoms with Crippen LogP contribution in [0.2, 0.25) is 0 Å². The van der Waals surface area contributed by atoms with Gasteiger partial charge in [-0.2, -0.15) is 0 Å². The van der Waals surface area contributed by atoms with Crippen LogP contribution in [-0.2, 0) is 4.79 Å². The zero-order chi connectivity index (χ0) is 16.1. The minimum absolute atomic E-state index is 0.0391. The van der Waals surface area contributed by atoms with E-state index in [4.69, 9.17) is 0 Å². The molecule has 1 heterocycles. The molecule has 3 rings (SSSR count). The summed E-state index contributed by atoms with van der Waals surface area (Å²) >= 11 is 1.51. The maximum absolute atomic E-state index is 12.1. The smallest absolute Gasteiger partial charge is 0.239 e. The molecule has 118 valence electrons. The number of anilines is 1. The van der Waals surface area contributed by atoms with E-state index in [0.29, 0.717) is 5.17 Å². The molecule has 0 aliphatic carbocycles. The lowest BCUT2D eigenvalue weighted by Gasteiger charge is -2.08. The average molecular weight is 325 g/mol. The Hall–Kier alpha value is -2.27. The van der Waals surface area contributed by atoms with Crippen molar-refractivity contribution in [2.75, 3.05) is 11.9 Å². The highest BCUT2D eigenvalue weighted by molar-refractivity contribution is 8.15. The van der Waals surface area contributed by atoms with Crippen LogP contribution in [0.5, 0.6) is 0 Å². The van der Waals surface area contributed by atoms with E-state index in [-0.39, 0.29) is 11.2 Å². The molecular weight excluding hydrogens is 306 g/mol. The van der Waals surface area contributed by atoms with E-state index in [1.165, 1.54) is 11.8 Å². The van der Waals surface area contributed by atoms with Crippen molar-refractivity contribution in [2.45, 2.75) is 18.6 Å². The summed E-state index contributed by atoms with van der Waals surface area (Å²) in [6.45, 7) is 2.77. The van der Waals surface area contributed by atoms with Crippen molar-refractivity contribution in [1.29, 1.82) is 0 Å². The molecule has 2 aromatic rings. The third-order valence-corrected chi connectivity index (χ3v) is 4.77. The lowest BCUT2D eigenvalue weighted by atomic mass is 10.2.